The van der Waals surface area contributed by atoms with Crippen molar-refractivity contribution >= 4 is 21.6 Å². The summed E-state index contributed by atoms with van der Waals surface area (Å²) in [4.78, 5) is 9.79. The normalized spacial score (nSPS) is 11.5. The van der Waals surface area contributed by atoms with Crippen LogP contribution in [-0.4, -0.2) is 25.0 Å². The standard InChI is InChI=1S/C10H15N3O5S/c1-7(2)6-11-19(17,18)12-9-4-3-8(13(15)16)5-10(9)14/h3-5,7,11-12,14H,6H2,1-2H3. The van der Waals surface area contributed by atoms with E-state index in [0.29, 0.717) is 0 Å². The summed E-state index contributed by atoms with van der Waals surface area (Å²) in [6, 6.07) is 3.10. The van der Waals surface area contributed by atoms with Crippen molar-refractivity contribution in [1.82, 2.24) is 4.72 Å². The minimum absolute atomic E-state index is 0.123. The van der Waals surface area contributed by atoms with Crippen LogP contribution < -0.4 is 9.44 Å². The van der Waals surface area contributed by atoms with Gasteiger partial charge in [0.25, 0.3) is 15.9 Å². The Balaban J connectivity index is 2.85. The maximum Gasteiger partial charge on any atom is 0.299 e. The lowest BCUT2D eigenvalue weighted by Crippen LogP contribution is -2.32. The van der Waals surface area contributed by atoms with Crippen molar-refractivity contribution in [3.05, 3.63) is 28.3 Å². The molecule has 0 radical (unpaired) electrons. The quantitative estimate of drug-likeness (QED) is 0.412. The van der Waals surface area contributed by atoms with Crippen LogP contribution in [0.3, 0.4) is 0 Å². The number of benzene rings is 1. The van der Waals surface area contributed by atoms with E-state index in [-0.39, 0.29) is 23.8 Å². The van der Waals surface area contributed by atoms with Gasteiger partial charge < -0.3 is 5.11 Å². The molecule has 0 unspecified atom stereocenters. The molecule has 3 N–H and O–H groups in total. The van der Waals surface area contributed by atoms with Crippen molar-refractivity contribution in [3.63, 3.8) is 0 Å². The van der Waals surface area contributed by atoms with Crippen LogP contribution in [0.1, 0.15) is 13.8 Å². The third kappa shape index (κ3) is 4.72. The predicted molar refractivity (Wildman–Crippen MR) is 70.1 cm³/mol. The molecule has 0 aliphatic rings. The van der Waals surface area contributed by atoms with Gasteiger partial charge >= 0.3 is 0 Å². The van der Waals surface area contributed by atoms with Crippen LogP contribution in [0.2, 0.25) is 0 Å². The number of hydrogen-bond acceptors (Lipinski definition) is 5. The molecule has 1 aromatic rings. The first kappa shape index (κ1) is 15.2. The second-order valence-electron chi connectivity index (χ2n) is 4.31. The topological polar surface area (TPSA) is 122 Å². The highest BCUT2D eigenvalue weighted by Gasteiger charge is 2.15. The zero-order valence-corrected chi connectivity index (χ0v) is 11.3. The van der Waals surface area contributed by atoms with Crippen molar-refractivity contribution in [2.24, 2.45) is 5.92 Å². The average molecular weight is 289 g/mol. The van der Waals surface area contributed by atoms with Gasteiger partial charge in [-0.15, -0.1) is 0 Å². The largest absolute Gasteiger partial charge is 0.505 e. The van der Waals surface area contributed by atoms with Gasteiger partial charge in [-0.3, -0.25) is 14.8 Å². The molecule has 1 aromatic carbocycles. The Kier molecular flexibility index (Phi) is 4.67. The Morgan fingerprint density at radius 2 is 2.05 bits per heavy atom. The van der Waals surface area contributed by atoms with Crippen molar-refractivity contribution in [1.29, 1.82) is 0 Å². The lowest BCUT2D eigenvalue weighted by molar-refractivity contribution is -0.384. The fourth-order valence-electron chi connectivity index (χ4n) is 1.18. The van der Waals surface area contributed by atoms with Crippen LogP contribution in [0.25, 0.3) is 0 Å². The highest BCUT2D eigenvalue weighted by molar-refractivity contribution is 7.90. The zero-order valence-electron chi connectivity index (χ0n) is 10.5. The first-order valence-electron chi connectivity index (χ1n) is 5.46. The van der Waals surface area contributed by atoms with E-state index in [0.717, 1.165) is 18.2 Å². The van der Waals surface area contributed by atoms with E-state index >= 15 is 0 Å². The number of nitrogens with zero attached hydrogens (tertiary/aromatic N) is 1. The Bertz CT molecular complexity index is 571. The molecule has 0 atom stereocenters. The van der Waals surface area contributed by atoms with E-state index in [1.807, 2.05) is 13.8 Å². The molecule has 0 saturated carbocycles. The lowest BCUT2D eigenvalue weighted by Gasteiger charge is -2.11. The molecule has 106 valence electrons. The van der Waals surface area contributed by atoms with Gasteiger partial charge in [0.2, 0.25) is 0 Å². The smallest absolute Gasteiger partial charge is 0.299 e. The number of non-ortho nitro benzene ring substituents is 1. The van der Waals surface area contributed by atoms with Crippen molar-refractivity contribution in [2.75, 3.05) is 11.3 Å². The molecule has 8 nitrogen and oxygen atoms in total. The maximum atomic E-state index is 11.6. The predicted octanol–water partition coefficient (Wildman–Crippen LogP) is 1.20. The molecular formula is C10H15N3O5S. The third-order valence-electron chi connectivity index (χ3n) is 2.12. The van der Waals surface area contributed by atoms with E-state index in [1.165, 1.54) is 0 Å². The molecule has 19 heavy (non-hydrogen) atoms. The molecular weight excluding hydrogens is 274 g/mol. The van der Waals surface area contributed by atoms with E-state index in [1.54, 1.807) is 0 Å². The Morgan fingerprint density at radius 3 is 2.53 bits per heavy atom. The Hall–Kier alpha value is -1.87. The number of rotatable bonds is 6. The highest BCUT2D eigenvalue weighted by atomic mass is 32.2. The number of phenolic OH excluding ortho intramolecular Hbond substituents is 1. The summed E-state index contributed by atoms with van der Waals surface area (Å²) in [7, 11) is -3.82. The second kappa shape index (κ2) is 5.85. The summed E-state index contributed by atoms with van der Waals surface area (Å²) < 4.78 is 27.6. The van der Waals surface area contributed by atoms with Crippen molar-refractivity contribution < 1.29 is 18.4 Å². The Morgan fingerprint density at radius 1 is 1.42 bits per heavy atom. The molecule has 0 spiro atoms. The molecule has 0 bridgehead atoms. The van der Waals surface area contributed by atoms with E-state index in [4.69, 9.17) is 0 Å². The van der Waals surface area contributed by atoms with Gasteiger partial charge in [0.1, 0.15) is 5.75 Å². The zero-order chi connectivity index (χ0) is 14.6. The molecule has 1 rings (SSSR count). The SMILES string of the molecule is CC(C)CNS(=O)(=O)Nc1ccc([N+](=O)[O-])cc1O. The van der Waals surface area contributed by atoms with E-state index in [2.05, 4.69) is 9.44 Å². The van der Waals surface area contributed by atoms with Crippen molar-refractivity contribution in [2.45, 2.75) is 13.8 Å². The highest BCUT2D eigenvalue weighted by Crippen LogP contribution is 2.28. The second-order valence-corrected chi connectivity index (χ2v) is 5.81. The molecule has 9 heteroatoms. The lowest BCUT2D eigenvalue weighted by atomic mass is 10.2. The minimum atomic E-state index is -3.82. The van der Waals surface area contributed by atoms with Crippen molar-refractivity contribution in [3.8, 4) is 5.75 Å². The fourth-order valence-corrected chi connectivity index (χ4v) is 2.26. The van der Waals surface area contributed by atoms with Gasteiger partial charge in [0, 0.05) is 12.6 Å². The van der Waals surface area contributed by atoms with Crippen LogP contribution in [0.15, 0.2) is 18.2 Å². The summed E-state index contributed by atoms with van der Waals surface area (Å²) >= 11 is 0. The Labute approximate surface area is 110 Å². The minimum Gasteiger partial charge on any atom is -0.505 e. The summed E-state index contributed by atoms with van der Waals surface area (Å²) in [6.45, 7) is 3.92. The van der Waals surface area contributed by atoms with Gasteiger partial charge in [0.05, 0.1) is 16.7 Å². The number of phenols is 1. The van der Waals surface area contributed by atoms with Crippen LogP contribution in [0.4, 0.5) is 11.4 Å². The fraction of sp³-hybridized carbons (Fsp3) is 0.400. The van der Waals surface area contributed by atoms with Gasteiger partial charge in [-0.1, -0.05) is 13.8 Å². The van der Waals surface area contributed by atoms with Gasteiger partial charge in [-0.05, 0) is 12.0 Å². The first-order chi connectivity index (χ1) is 8.71. The van der Waals surface area contributed by atoms with Crippen LogP contribution in [0, 0.1) is 16.0 Å². The van der Waals surface area contributed by atoms with Crippen LogP contribution >= 0.6 is 0 Å². The van der Waals surface area contributed by atoms with Gasteiger partial charge in [-0.2, -0.15) is 13.1 Å². The summed E-state index contributed by atoms with van der Waals surface area (Å²) in [5, 5.41) is 20.0. The van der Waals surface area contributed by atoms with Gasteiger partial charge in [0.15, 0.2) is 0 Å². The van der Waals surface area contributed by atoms with E-state index in [9.17, 15) is 23.6 Å². The molecule has 0 aliphatic heterocycles. The van der Waals surface area contributed by atoms with Crippen LogP contribution in [-0.2, 0) is 10.2 Å². The third-order valence-corrected chi connectivity index (χ3v) is 3.15. The van der Waals surface area contributed by atoms with E-state index < -0.39 is 20.9 Å². The number of anilines is 1. The number of hydrogen-bond donors (Lipinski definition) is 3. The maximum absolute atomic E-state index is 11.6. The molecule has 0 amide bonds. The number of nitrogens with one attached hydrogen (secondary N) is 2. The summed E-state index contributed by atoms with van der Waals surface area (Å²) in [5.74, 6) is -0.383. The van der Waals surface area contributed by atoms with Gasteiger partial charge in [-0.25, -0.2) is 0 Å². The average Bonchev–Trinajstić information content (AvgIpc) is 2.29. The monoisotopic (exact) mass is 289 g/mol. The molecule has 0 aromatic heterocycles. The van der Waals surface area contributed by atoms with Crippen LogP contribution in [0.5, 0.6) is 5.75 Å². The summed E-state index contributed by atoms with van der Waals surface area (Å²) in [6.07, 6.45) is 0. The number of nitro groups is 1. The number of aromatic hydroxyl groups is 1. The first-order valence-corrected chi connectivity index (χ1v) is 6.94. The summed E-state index contributed by atoms with van der Waals surface area (Å²) in [5.41, 5.74) is -0.447. The molecule has 0 saturated heterocycles. The molecule has 0 aliphatic carbocycles. The molecule has 0 heterocycles. The number of nitro benzene ring substituents is 1. The molecule has 0 fully saturated rings.